The van der Waals surface area contributed by atoms with Crippen LogP contribution in [-0.4, -0.2) is 67.7 Å². The third-order valence-electron chi connectivity index (χ3n) is 4.95. The first-order valence-electron chi connectivity index (χ1n) is 10.3. The first kappa shape index (κ1) is 25.6. The van der Waals surface area contributed by atoms with E-state index in [1.165, 1.54) is 18.2 Å². The molecule has 174 valence electrons. The molecule has 1 saturated heterocycles. The molecular formula is C22H28F2IN5O2. The van der Waals surface area contributed by atoms with Gasteiger partial charge in [0.15, 0.2) is 5.96 Å². The van der Waals surface area contributed by atoms with Gasteiger partial charge in [-0.05, 0) is 43.3 Å². The maximum atomic E-state index is 14.0. The number of hydrogen-bond acceptors (Lipinski definition) is 4. The van der Waals surface area contributed by atoms with Crippen molar-refractivity contribution in [3.8, 4) is 5.75 Å². The number of anilines is 1. The third-order valence-corrected chi connectivity index (χ3v) is 4.95. The van der Waals surface area contributed by atoms with Gasteiger partial charge in [0.1, 0.15) is 17.4 Å². The second-order valence-electron chi connectivity index (χ2n) is 7.11. The molecule has 0 radical (unpaired) electrons. The van der Waals surface area contributed by atoms with Gasteiger partial charge in [0.25, 0.3) is 5.91 Å². The molecule has 32 heavy (non-hydrogen) atoms. The van der Waals surface area contributed by atoms with E-state index in [4.69, 9.17) is 0 Å². The van der Waals surface area contributed by atoms with E-state index in [0.29, 0.717) is 51.4 Å². The second-order valence-corrected chi connectivity index (χ2v) is 7.11. The number of piperazine rings is 1. The van der Waals surface area contributed by atoms with Gasteiger partial charge in [0.2, 0.25) is 0 Å². The van der Waals surface area contributed by atoms with Gasteiger partial charge in [-0.2, -0.15) is 0 Å². The summed E-state index contributed by atoms with van der Waals surface area (Å²) in [6, 6.07) is 9.52. The number of carbonyl (C=O) groups excluding carboxylic acids is 1. The number of carbonyl (C=O) groups is 1. The lowest BCUT2D eigenvalue weighted by atomic mass is 10.2. The summed E-state index contributed by atoms with van der Waals surface area (Å²) in [6.07, 6.45) is 0. The molecule has 0 spiro atoms. The molecule has 2 aromatic carbocycles. The number of nitrogens with one attached hydrogen (secondary N) is 2. The molecule has 0 bridgehead atoms. The van der Waals surface area contributed by atoms with E-state index in [1.807, 2.05) is 11.8 Å². The second kappa shape index (κ2) is 12.4. The molecule has 1 amide bonds. The number of halogens is 3. The van der Waals surface area contributed by atoms with Gasteiger partial charge in [0, 0.05) is 50.9 Å². The highest BCUT2D eigenvalue weighted by atomic mass is 127. The Morgan fingerprint density at radius 2 is 1.75 bits per heavy atom. The maximum Gasteiger partial charge on any atom is 0.251 e. The van der Waals surface area contributed by atoms with Crippen LogP contribution >= 0.6 is 24.0 Å². The van der Waals surface area contributed by atoms with Gasteiger partial charge in [-0.3, -0.25) is 9.79 Å². The number of nitrogens with zero attached hydrogens (tertiary/aromatic N) is 3. The van der Waals surface area contributed by atoms with Crippen molar-refractivity contribution >= 4 is 41.5 Å². The Hall–Kier alpha value is -2.63. The summed E-state index contributed by atoms with van der Waals surface area (Å²) >= 11 is 0. The Labute approximate surface area is 203 Å². The summed E-state index contributed by atoms with van der Waals surface area (Å²) in [5.41, 5.74) is 0.743. The fraction of sp³-hybridized carbons (Fsp3) is 0.364. The summed E-state index contributed by atoms with van der Waals surface area (Å²) in [5.74, 6) is -0.286. The van der Waals surface area contributed by atoms with E-state index >= 15 is 0 Å². The van der Waals surface area contributed by atoms with Gasteiger partial charge >= 0.3 is 0 Å². The summed E-state index contributed by atoms with van der Waals surface area (Å²) in [6.45, 7) is 5.74. The van der Waals surface area contributed by atoms with Gasteiger partial charge < -0.3 is 25.5 Å². The Balaban J connectivity index is 0.00000363. The molecule has 2 aromatic rings. The van der Waals surface area contributed by atoms with Crippen molar-refractivity contribution in [3.63, 3.8) is 0 Å². The summed E-state index contributed by atoms with van der Waals surface area (Å²) in [5, 5.41) is 15.3. The summed E-state index contributed by atoms with van der Waals surface area (Å²) in [7, 11) is 0. The van der Waals surface area contributed by atoms with Gasteiger partial charge in [-0.1, -0.05) is 0 Å². The molecule has 3 N–H and O–H groups in total. The van der Waals surface area contributed by atoms with Gasteiger partial charge in [-0.15, -0.1) is 24.0 Å². The molecule has 3 rings (SSSR count). The van der Waals surface area contributed by atoms with Crippen molar-refractivity contribution in [2.45, 2.75) is 6.92 Å². The van der Waals surface area contributed by atoms with E-state index < -0.39 is 11.6 Å². The molecule has 1 aliphatic rings. The van der Waals surface area contributed by atoms with Crippen molar-refractivity contribution in [1.29, 1.82) is 0 Å². The first-order valence-corrected chi connectivity index (χ1v) is 10.3. The topological polar surface area (TPSA) is 80.2 Å². The van der Waals surface area contributed by atoms with E-state index in [2.05, 4.69) is 20.5 Å². The van der Waals surface area contributed by atoms with Crippen molar-refractivity contribution < 1.29 is 18.7 Å². The molecule has 0 aliphatic carbocycles. The summed E-state index contributed by atoms with van der Waals surface area (Å²) in [4.78, 5) is 20.6. The standard InChI is InChI=1S/C22H27F2N5O2.HI/c1-2-25-22(27-10-9-26-21(31)16-3-6-18(30)7-4-16)29-13-11-28(12-14-29)20-15-17(23)5-8-19(20)24;/h3-8,15,30H,2,9-14H2,1H3,(H,25,27)(H,26,31);1H. The lowest BCUT2D eigenvalue weighted by Crippen LogP contribution is -2.53. The fourth-order valence-electron chi connectivity index (χ4n) is 3.36. The number of phenols is 1. The van der Waals surface area contributed by atoms with Crippen LogP contribution in [0.15, 0.2) is 47.5 Å². The van der Waals surface area contributed by atoms with Gasteiger partial charge in [-0.25, -0.2) is 8.78 Å². The highest BCUT2D eigenvalue weighted by Crippen LogP contribution is 2.22. The molecule has 0 saturated carbocycles. The van der Waals surface area contributed by atoms with Crippen molar-refractivity contribution in [3.05, 3.63) is 59.7 Å². The minimum absolute atomic E-state index is 0. The Bertz CT molecular complexity index is 919. The number of guanidine groups is 1. The number of amides is 1. The zero-order valence-corrected chi connectivity index (χ0v) is 20.2. The lowest BCUT2D eigenvalue weighted by Gasteiger charge is -2.37. The van der Waals surface area contributed by atoms with Crippen LogP contribution in [0.25, 0.3) is 0 Å². The molecule has 0 atom stereocenters. The van der Waals surface area contributed by atoms with E-state index in [1.54, 1.807) is 12.1 Å². The van der Waals surface area contributed by atoms with Crippen molar-refractivity contribution in [2.24, 2.45) is 4.99 Å². The average molecular weight is 559 g/mol. The normalized spacial score (nSPS) is 14.0. The van der Waals surface area contributed by atoms with E-state index in [9.17, 15) is 18.7 Å². The SMILES string of the molecule is CCNC(=NCCNC(=O)c1ccc(O)cc1)N1CCN(c2cc(F)ccc2F)CC1.I. The predicted molar refractivity (Wildman–Crippen MR) is 132 cm³/mol. The molecule has 7 nitrogen and oxygen atoms in total. The lowest BCUT2D eigenvalue weighted by molar-refractivity contribution is 0.0954. The predicted octanol–water partition coefficient (Wildman–Crippen LogP) is 2.81. The van der Waals surface area contributed by atoms with Crippen LogP contribution < -0.4 is 15.5 Å². The number of rotatable bonds is 6. The highest BCUT2D eigenvalue weighted by Gasteiger charge is 2.22. The zero-order valence-electron chi connectivity index (χ0n) is 17.9. The Morgan fingerprint density at radius 1 is 1.06 bits per heavy atom. The number of hydrogen-bond donors (Lipinski definition) is 3. The third kappa shape index (κ3) is 6.94. The van der Waals surface area contributed by atoms with Crippen LogP contribution in [0.1, 0.15) is 17.3 Å². The van der Waals surface area contributed by atoms with Crippen LogP contribution in [-0.2, 0) is 0 Å². The van der Waals surface area contributed by atoms with Crippen LogP contribution in [0.2, 0.25) is 0 Å². The van der Waals surface area contributed by atoms with Crippen LogP contribution in [0, 0.1) is 11.6 Å². The maximum absolute atomic E-state index is 14.0. The molecule has 1 aliphatic heterocycles. The Kier molecular flexibility index (Phi) is 9.95. The molecule has 10 heteroatoms. The summed E-state index contributed by atoms with van der Waals surface area (Å²) < 4.78 is 27.5. The first-order chi connectivity index (χ1) is 15.0. The van der Waals surface area contributed by atoms with E-state index in [-0.39, 0.29) is 41.3 Å². The molecule has 0 aromatic heterocycles. The van der Waals surface area contributed by atoms with Crippen molar-refractivity contribution in [1.82, 2.24) is 15.5 Å². The van der Waals surface area contributed by atoms with E-state index in [0.717, 1.165) is 18.1 Å². The minimum Gasteiger partial charge on any atom is -0.508 e. The van der Waals surface area contributed by atoms with Crippen LogP contribution in [0.5, 0.6) is 5.75 Å². The minimum atomic E-state index is -0.455. The highest BCUT2D eigenvalue weighted by molar-refractivity contribution is 14.0. The number of phenolic OH excluding ortho intramolecular Hbond substituents is 1. The number of aliphatic imine (C=N–C) groups is 1. The molecular weight excluding hydrogens is 531 g/mol. The molecule has 1 fully saturated rings. The quantitative estimate of drug-likeness (QED) is 0.220. The smallest absolute Gasteiger partial charge is 0.251 e. The number of benzene rings is 2. The molecule has 0 unspecified atom stereocenters. The number of aromatic hydroxyl groups is 1. The monoisotopic (exact) mass is 559 g/mol. The van der Waals surface area contributed by atoms with Crippen LogP contribution in [0.4, 0.5) is 14.5 Å². The Morgan fingerprint density at radius 3 is 2.41 bits per heavy atom. The zero-order chi connectivity index (χ0) is 22.2. The largest absolute Gasteiger partial charge is 0.508 e. The van der Waals surface area contributed by atoms with Crippen molar-refractivity contribution in [2.75, 3.05) is 50.7 Å². The fourth-order valence-corrected chi connectivity index (χ4v) is 3.36. The average Bonchev–Trinajstić information content (AvgIpc) is 2.78. The van der Waals surface area contributed by atoms with Crippen LogP contribution in [0.3, 0.4) is 0 Å². The van der Waals surface area contributed by atoms with Gasteiger partial charge in [0.05, 0.1) is 12.2 Å². The molecule has 1 heterocycles.